The van der Waals surface area contributed by atoms with E-state index in [1.165, 1.54) is 11.8 Å². The SMILES string of the molecule is CCCn1c(SCC(C)(NC(C)C)C(N)=O)n[nH]c1=O. The number of nitrogens with zero attached hydrogens (tertiary/aromatic N) is 2. The third-order valence-electron chi connectivity index (χ3n) is 2.81. The van der Waals surface area contributed by atoms with Gasteiger partial charge in [-0.3, -0.25) is 9.36 Å². The number of nitrogens with two attached hydrogens (primary N) is 1. The summed E-state index contributed by atoms with van der Waals surface area (Å²) in [6.45, 7) is 8.25. The van der Waals surface area contributed by atoms with E-state index < -0.39 is 11.4 Å². The van der Waals surface area contributed by atoms with Crippen LogP contribution in [0.2, 0.25) is 0 Å². The molecule has 0 bridgehead atoms. The van der Waals surface area contributed by atoms with E-state index in [2.05, 4.69) is 15.5 Å². The summed E-state index contributed by atoms with van der Waals surface area (Å²) in [6.07, 6.45) is 0.838. The molecule has 0 saturated carbocycles. The summed E-state index contributed by atoms with van der Waals surface area (Å²) >= 11 is 1.34. The van der Waals surface area contributed by atoms with Crippen LogP contribution in [0.25, 0.3) is 0 Å². The molecule has 0 saturated heterocycles. The minimum Gasteiger partial charge on any atom is -0.368 e. The van der Waals surface area contributed by atoms with E-state index in [1.54, 1.807) is 11.5 Å². The van der Waals surface area contributed by atoms with Crippen molar-refractivity contribution in [2.45, 2.75) is 57.4 Å². The number of rotatable bonds is 8. The molecular weight excluding hydrogens is 278 g/mol. The molecule has 1 aromatic heterocycles. The summed E-state index contributed by atoms with van der Waals surface area (Å²) in [6, 6.07) is 0.130. The first-order valence-corrected chi connectivity index (χ1v) is 7.64. The van der Waals surface area contributed by atoms with E-state index in [-0.39, 0.29) is 11.7 Å². The van der Waals surface area contributed by atoms with Gasteiger partial charge in [0.1, 0.15) is 5.54 Å². The zero-order valence-corrected chi connectivity index (χ0v) is 13.2. The van der Waals surface area contributed by atoms with E-state index in [4.69, 9.17) is 5.73 Å². The Hall–Kier alpha value is -1.28. The largest absolute Gasteiger partial charge is 0.368 e. The van der Waals surface area contributed by atoms with Gasteiger partial charge in [-0.05, 0) is 27.2 Å². The van der Waals surface area contributed by atoms with Crippen LogP contribution in [0.5, 0.6) is 0 Å². The quantitative estimate of drug-likeness (QED) is 0.599. The zero-order chi connectivity index (χ0) is 15.3. The van der Waals surface area contributed by atoms with Crippen molar-refractivity contribution in [3.8, 4) is 0 Å². The maximum absolute atomic E-state index is 11.6. The van der Waals surface area contributed by atoms with Crippen molar-refractivity contribution < 1.29 is 4.79 Å². The molecule has 0 spiro atoms. The number of amides is 1. The monoisotopic (exact) mass is 301 g/mol. The Bertz CT molecular complexity index is 510. The van der Waals surface area contributed by atoms with Gasteiger partial charge in [-0.15, -0.1) is 5.10 Å². The first kappa shape index (κ1) is 16.8. The summed E-state index contributed by atoms with van der Waals surface area (Å²) in [4.78, 5) is 23.2. The second kappa shape index (κ2) is 6.94. The Balaban J connectivity index is 2.83. The molecule has 1 atom stereocenters. The predicted octanol–water partition coefficient (Wildman–Crippen LogP) is 0.316. The highest BCUT2D eigenvalue weighted by Crippen LogP contribution is 2.20. The Morgan fingerprint density at radius 1 is 1.60 bits per heavy atom. The molecule has 1 amide bonds. The third-order valence-corrected chi connectivity index (χ3v) is 4.10. The van der Waals surface area contributed by atoms with Crippen LogP contribution < -0.4 is 16.7 Å². The Morgan fingerprint density at radius 3 is 2.75 bits per heavy atom. The summed E-state index contributed by atoms with van der Waals surface area (Å²) in [7, 11) is 0. The molecule has 4 N–H and O–H groups in total. The fraction of sp³-hybridized carbons (Fsp3) is 0.750. The fourth-order valence-electron chi connectivity index (χ4n) is 1.86. The molecule has 0 aliphatic carbocycles. The molecule has 1 heterocycles. The van der Waals surface area contributed by atoms with Crippen molar-refractivity contribution in [2.75, 3.05) is 5.75 Å². The number of H-pyrrole nitrogens is 1. The van der Waals surface area contributed by atoms with Crippen molar-refractivity contribution in [1.82, 2.24) is 20.1 Å². The number of hydrogen-bond donors (Lipinski definition) is 3. The second-order valence-electron chi connectivity index (χ2n) is 5.25. The van der Waals surface area contributed by atoms with Crippen molar-refractivity contribution in [3.05, 3.63) is 10.5 Å². The number of carbonyl (C=O) groups excluding carboxylic acids is 1. The standard InChI is InChI=1S/C12H23N5O2S/c1-5-6-17-10(19)15-16-11(17)20-7-12(4,9(13)18)14-8(2)3/h8,14H,5-7H2,1-4H3,(H2,13,18)(H,15,19). The summed E-state index contributed by atoms with van der Waals surface area (Å²) in [5, 5.41) is 10.2. The summed E-state index contributed by atoms with van der Waals surface area (Å²) < 4.78 is 1.57. The van der Waals surface area contributed by atoms with Crippen molar-refractivity contribution in [1.29, 1.82) is 0 Å². The molecule has 8 heteroatoms. The van der Waals surface area contributed by atoms with Gasteiger partial charge >= 0.3 is 5.69 Å². The minimum atomic E-state index is -0.842. The first-order chi connectivity index (χ1) is 9.30. The average molecular weight is 301 g/mol. The number of aromatic amines is 1. The number of nitrogens with one attached hydrogen (secondary N) is 2. The van der Waals surface area contributed by atoms with Gasteiger partial charge in [0.2, 0.25) is 5.91 Å². The van der Waals surface area contributed by atoms with Crippen LogP contribution in [-0.4, -0.2) is 38.0 Å². The summed E-state index contributed by atoms with van der Waals surface area (Å²) in [5.74, 6) is -0.00671. The number of carbonyl (C=O) groups is 1. The smallest absolute Gasteiger partial charge is 0.343 e. The summed E-state index contributed by atoms with van der Waals surface area (Å²) in [5.41, 5.74) is 4.40. The molecule has 0 aliphatic rings. The van der Waals surface area contributed by atoms with E-state index in [9.17, 15) is 9.59 Å². The van der Waals surface area contributed by atoms with Gasteiger partial charge in [0.15, 0.2) is 5.16 Å². The van der Waals surface area contributed by atoms with Crippen LogP contribution in [-0.2, 0) is 11.3 Å². The molecular formula is C12H23N5O2S. The highest BCUT2D eigenvalue weighted by Gasteiger charge is 2.32. The molecule has 7 nitrogen and oxygen atoms in total. The van der Waals surface area contributed by atoms with Gasteiger partial charge in [-0.25, -0.2) is 9.89 Å². The van der Waals surface area contributed by atoms with Gasteiger partial charge in [-0.2, -0.15) is 0 Å². The average Bonchev–Trinajstić information content (AvgIpc) is 2.68. The second-order valence-corrected chi connectivity index (χ2v) is 6.19. The predicted molar refractivity (Wildman–Crippen MR) is 79.7 cm³/mol. The zero-order valence-electron chi connectivity index (χ0n) is 12.4. The molecule has 20 heavy (non-hydrogen) atoms. The molecule has 0 aromatic carbocycles. The minimum absolute atomic E-state index is 0.130. The van der Waals surface area contributed by atoms with Gasteiger partial charge in [0, 0.05) is 18.3 Å². The molecule has 1 unspecified atom stereocenters. The third kappa shape index (κ3) is 4.11. The van der Waals surface area contributed by atoms with Gasteiger partial charge in [-0.1, -0.05) is 18.7 Å². The molecule has 1 aromatic rings. The molecule has 0 aliphatic heterocycles. The maximum Gasteiger partial charge on any atom is 0.343 e. The van der Waals surface area contributed by atoms with Crippen LogP contribution in [0.3, 0.4) is 0 Å². The number of hydrogen-bond acceptors (Lipinski definition) is 5. The molecule has 0 fully saturated rings. The lowest BCUT2D eigenvalue weighted by molar-refractivity contribution is -0.123. The van der Waals surface area contributed by atoms with Gasteiger partial charge in [0.05, 0.1) is 0 Å². The Labute approximate surface area is 122 Å². The van der Waals surface area contributed by atoms with Gasteiger partial charge < -0.3 is 11.1 Å². The van der Waals surface area contributed by atoms with Crippen molar-refractivity contribution >= 4 is 17.7 Å². The van der Waals surface area contributed by atoms with Crippen LogP contribution >= 0.6 is 11.8 Å². The number of primary amides is 1. The molecule has 0 radical (unpaired) electrons. The van der Waals surface area contributed by atoms with Crippen LogP contribution in [0.1, 0.15) is 34.1 Å². The Morgan fingerprint density at radius 2 is 2.25 bits per heavy atom. The lowest BCUT2D eigenvalue weighted by Crippen LogP contribution is -2.57. The first-order valence-electron chi connectivity index (χ1n) is 6.65. The molecule has 114 valence electrons. The van der Waals surface area contributed by atoms with Crippen molar-refractivity contribution in [2.24, 2.45) is 5.73 Å². The highest BCUT2D eigenvalue weighted by molar-refractivity contribution is 7.99. The van der Waals surface area contributed by atoms with E-state index in [1.807, 2.05) is 20.8 Å². The lowest BCUT2D eigenvalue weighted by Gasteiger charge is -2.29. The van der Waals surface area contributed by atoms with Crippen LogP contribution in [0, 0.1) is 0 Å². The van der Waals surface area contributed by atoms with Gasteiger partial charge in [0.25, 0.3) is 0 Å². The normalized spacial score (nSPS) is 14.4. The van der Waals surface area contributed by atoms with Crippen LogP contribution in [0.15, 0.2) is 9.95 Å². The fourth-order valence-corrected chi connectivity index (χ4v) is 2.95. The van der Waals surface area contributed by atoms with E-state index in [0.29, 0.717) is 17.5 Å². The number of thioether (sulfide) groups is 1. The van der Waals surface area contributed by atoms with Crippen LogP contribution in [0.4, 0.5) is 0 Å². The topological polar surface area (TPSA) is 106 Å². The highest BCUT2D eigenvalue weighted by atomic mass is 32.2. The maximum atomic E-state index is 11.6. The molecule has 1 rings (SSSR count). The lowest BCUT2D eigenvalue weighted by atomic mass is 10.0. The van der Waals surface area contributed by atoms with Crippen molar-refractivity contribution in [3.63, 3.8) is 0 Å². The number of aromatic nitrogens is 3. The van der Waals surface area contributed by atoms with E-state index >= 15 is 0 Å². The van der Waals surface area contributed by atoms with E-state index in [0.717, 1.165) is 6.42 Å². The Kier molecular flexibility index (Phi) is 5.82.